The number of carbonyl (C=O) groups excluding carboxylic acids is 1. The first-order valence-electron chi connectivity index (χ1n) is 6.62. The summed E-state index contributed by atoms with van der Waals surface area (Å²) >= 11 is 0. The molecule has 0 amide bonds. The topological polar surface area (TPSA) is 58.6 Å². The fourth-order valence-electron chi connectivity index (χ4n) is 1.79. The molecule has 110 valence electrons. The van der Waals surface area contributed by atoms with E-state index in [4.69, 9.17) is 14.7 Å². The lowest BCUT2D eigenvalue weighted by Gasteiger charge is -2.32. The molecule has 5 heteroatoms. The highest BCUT2D eigenvalue weighted by atomic mass is 16.7. The van der Waals surface area contributed by atoms with E-state index in [-0.39, 0.29) is 5.97 Å². The van der Waals surface area contributed by atoms with Gasteiger partial charge in [-0.1, -0.05) is 0 Å². The van der Waals surface area contributed by atoms with E-state index in [0.717, 1.165) is 39.6 Å². The Morgan fingerprint density at radius 1 is 1.11 bits per heavy atom. The Labute approximate surface area is 111 Å². The molecule has 0 unspecified atom stereocenters. The Morgan fingerprint density at radius 3 is 2.06 bits per heavy atom. The maximum absolute atomic E-state index is 11.1. The molecule has 5 nitrogen and oxygen atoms in total. The number of hydrogen-bond acceptors (Lipinski definition) is 4. The predicted molar refractivity (Wildman–Crippen MR) is 69.6 cm³/mol. The molecule has 0 saturated heterocycles. The Bertz CT molecular complexity index is 185. The summed E-state index contributed by atoms with van der Waals surface area (Å²) in [5.74, 6) is -0.0917. The molecule has 0 N–H and O–H groups in total. The van der Waals surface area contributed by atoms with Gasteiger partial charge in [0.15, 0.2) is 0 Å². The minimum Gasteiger partial charge on any atom is -0.857 e. The third-order valence-electron chi connectivity index (χ3n) is 3.04. The number of esters is 1. The molecule has 0 atom stereocenters. The maximum Gasteiger partial charge on any atom is 0.305 e. The van der Waals surface area contributed by atoms with Crippen molar-refractivity contribution in [3.63, 3.8) is 0 Å². The van der Waals surface area contributed by atoms with Gasteiger partial charge in [-0.05, 0) is 27.2 Å². The quantitative estimate of drug-likeness (QED) is 0.271. The first-order chi connectivity index (χ1) is 8.64. The van der Waals surface area contributed by atoms with Crippen molar-refractivity contribution in [3.05, 3.63) is 0 Å². The zero-order valence-corrected chi connectivity index (χ0v) is 12.5. The van der Waals surface area contributed by atoms with E-state index in [9.17, 15) is 4.79 Å². The average Bonchev–Trinajstić information content (AvgIpc) is 2.42. The van der Waals surface area contributed by atoms with Crippen LogP contribution in [0.1, 0.15) is 40.0 Å². The minimum atomic E-state index is -0.0917. The van der Waals surface area contributed by atoms with Crippen LogP contribution in [0, 0.1) is 0 Å². The van der Waals surface area contributed by atoms with Gasteiger partial charge in [0.05, 0.1) is 13.7 Å². The van der Waals surface area contributed by atoms with E-state index in [2.05, 4.69) is 13.8 Å². The lowest BCUT2D eigenvalue weighted by Crippen LogP contribution is -2.47. The van der Waals surface area contributed by atoms with Crippen molar-refractivity contribution in [3.8, 4) is 0 Å². The third-order valence-corrected chi connectivity index (χ3v) is 3.04. The SMILES string of the molecule is CCOC(=O)CCCC[N+](CC)(CC)OC.C[O-]. The second-order valence-electron chi connectivity index (χ2n) is 3.86. The minimum absolute atomic E-state index is 0.0917. The van der Waals surface area contributed by atoms with Gasteiger partial charge in [0, 0.05) is 12.8 Å². The van der Waals surface area contributed by atoms with Crippen LogP contribution >= 0.6 is 0 Å². The van der Waals surface area contributed by atoms with E-state index >= 15 is 0 Å². The van der Waals surface area contributed by atoms with E-state index in [1.807, 2.05) is 6.92 Å². The lowest BCUT2D eigenvalue weighted by molar-refractivity contribution is -1.10. The van der Waals surface area contributed by atoms with Gasteiger partial charge >= 0.3 is 5.97 Å². The molecule has 0 aromatic carbocycles. The predicted octanol–water partition coefficient (Wildman–Crippen LogP) is 1.11. The van der Waals surface area contributed by atoms with E-state index < -0.39 is 0 Å². The van der Waals surface area contributed by atoms with E-state index in [0.29, 0.717) is 17.7 Å². The highest BCUT2D eigenvalue weighted by Crippen LogP contribution is 2.10. The van der Waals surface area contributed by atoms with Gasteiger partial charge < -0.3 is 9.84 Å². The largest absolute Gasteiger partial charge is 0.857 e. The Balaban J connectivity index is 0. The molecular formula is C13H29NO4. The first kappa shape index (κ1) is 19.7. The standard InChI is InChI=1S/C12H26NO3.CH3O/c1-5-13(6-2,15-4)11-9-8-10-12(14)16-7-3;1-2/h5-11H2,1-4H3;1H3/q+1;-1. The number of hydrogen-bond donors (Lipinski definition) is 0. The molecule has 18 heavy (non-hydrogen) atoms. The molecule has 0 rings (SSSR count). The smallest absolute Gasteiger partial charge is 0.305 e. The Morgan fingerprint density at radius 2 is 1.67 bits per heavy atom. The molecule has 0 fully saturated rings. The summed E-state index contributed by atoms with van der Waals surface area (Å²) < 4.78 is 5.55. The van der Waals surface area contributed by atoms with Crippen LogP contribution in [0.4, 0.5) is 0 Å². The number of nitrogens with zero attached hydrogens (tertiary/aromatic N) is 1. The molecule has 0 aromatic rings. The van der Waals surface area contributed by atoms with Crippen molar-refractivity contribution in [2.45, 2.75) is 40.0 Å². The van der Waals surface area contributed by atoms with Crippen molar-refractivity contribution in [1.82, 2.24) is 0 Å². The summed E-state index contributed by atoms with van der Waals surface area (Å²) in [5, 5.41) is 8.25. The summed E-state index contributed by atoms with van der Waals surface area (Å²) in [6, 6.07) is 0. The summed E-state index contributed by atoms with van der Waals surface area (Å²) in [4.78, 5) is 16.6. The van der Waals surface area contributed by atoms with Gasteiger partial charge in [0.2, 0.25) is 0 Å². The first-order valence-corrected chi connectivity index (χ1v) is 6.62. The maximum atomic E-state index is 11.1. The monoisotopic (exact) mass is 263 g/mol. The number of carbonyl (C=O) groups is 1. The van der Waals surface area contributed by atoms with E-state index in [1.165, 1.54) is 0 Å². The van der Waals surface area contributed by atoms with Crippen molar-refractivity contribution in [1.29, 1.82) is 0 Å². The molecule has 0 saturated carbocycles. The summed E-state index contributed by atoms with van der Waals surface area (Å²) in [5.41, 5.74) is 0. The van der Waals surface area contributed by atoms with Crippen LogP contribution in [-0.4, -0.2) is 51.1 Å². The summed E-state index contributed by atoms with van der Waals surface area (Å²) in [7, 11) is 2.50. The molecule has 0 aliphatic heterocycles. The van der Waals surface area contributed by atoms with Crippen LogP contribution in [0.25, 0.3) is 0 Å². The number of unbranched alkanes of at least 4 members (excludes halogenated alkanes) is 1. The average molecular weight is 263 g/mol. The second-order valence-corrected chi connectivity index (χ2v) is 3.86. The summed E-state index contributed by atoms with van der Waals surface area (Å²) in [6.07, 6.45) is 2.39. The van der Waals surface area contributed by atoms with Crippen LogP contribution in [0.5, 0.6) is 0 Å². The van der Waals surface area contributed by atoms with Gasteiger partial charge in [-0.2, -0.15) is 11.8 Å². The van der Waals surface area contributed by atoms with Crippen LogP contribution in [0.15, 0.2) is 0 Å². The normalized spacial score (nSPS) is 10.6. The summed E-state index contributed by atoms with van der Waals surface area (Å²) in [6.45, 7) is 9.44. The third kappa shape index (κ3) is 8.44. The number of rotatable bonds is 9. The van der Waals surface area contributed by atoms with Crippen LogP contribution in [0.2, 0.25) is 0 Å². The van der Waals surface area contributed by atoms with Crippen LogP contribution < -0.4 is 5.11 Å². The Kier molecular flexibility index (Phi) is 14.0. The zero-order valence-electron chi connectivity index (χ0n) is 12.5. The molecule has 0 heterocycles. The molecule has 0 aromatic heterocycles. The van der Waals surface area contributed by atoms with Crippen molar-refractivity contribution < 1.29 is 24.1 Å². The number of quaternary nitrogens is 1. The van der Waals surface area contributed by atoms with Gasteiger partial charge in [0.1, 0.15) is 19.6 Å². The van der Waals surface area contributed by atoms with Gasteiger partial charge in [0.25, 0.3) is 0 Å². The molecule has 0 aliphatic carbocycles. The molecular weight excluding hydrogens is 234 g/mol. The number of ether oxygens (including phenoxy) is 1. The van der Waals surface area contributed by atoms with Gasteiger partial charge in [-0.25, -0.2) is 4.84 Å². The molecule has 0 bridgehead atoms. The highest BCUT2D eigenvalue weighted by Gasteiger charge is 2.22. The van der Waals surface area contributed by atoms with Crippen molar-refractivity contribution in [2.75, 3.05) is 40.5 Å². The fourth-order valence-corrected chi connectivity index (χ4v) is 1.79. The highest BCUT2D eigenvalue weighted by molar-refractivity contribution is 5.69. The number of hydroxylamine groups is 3. The van der Waals surface area contributed by atoms with Crippen molar-refractivity contribution >= 4 is 5.97 Å². The zero-order chi connectivity index (χ0) is 14.4. The van der Waals surface area contributed by atoms with Crippen molar-refractivity contribution in [2.24, 2.45) is 0 Å². The molecule has 0 radical (unpaired) electrons. The second kappa shape index (κ2) is 12.8. The molecule has 0 aliphatic rings. The lowest BCUT2D eigenvalue weighted by atomic mass is 10.2. The molecule has 0 spiro atoms. The fraction of sp³-hybridized carbons (Fsp3) is 0.923. The van der Waals surface area contributed by atoms with Crippen LogP contribution in [0.3, 0.4) is 0 Å². The van der Waals surface area contributed by atoms with E-state index in [1.54, 1.807) is 7.11 Å². The van der Waals surface area contributed by atoms with Gasteiger partial charge in [-0.3, -0.25) is 4.79 Å². The van der Waals surface area contributed by atoms with Gasteiger partial charge in [-0.15, -0.1) is 0 Å². The van der Waals surface area contributed by atoms with Crippen LogP contribution in [-0.2, 0) is 14.4 Å². The Hall–Kier alpha value is -0.650.